The van der Waals surface area contributed by atoms with E-state index in [1.165, 1.54) is 6.07 Å². The minimum Gasteiger partial charge on any atom is -0.493 e. The van der Waals surface area contributed by atoms with Crippen LogP contribution in [0, 0.1) is 5.82 Å². The van der Waals surface area contributed by atoms with Crippen molar-refractivity contribution in [2.75, 3.05) is 33.9 Å². The van der Waals surface area contributed by atoms with Crippen LogP contribution in [0.5, 0.6) is 11.5 Å². The van der Waals surface area contributed by atoms with E-state index in [-0.39, 0.29) is 18.3 Å². The molecule has 6 heteroatoms. The lowest BCUT2D eigenvalue weighted by Crippen LogP contribution is -2.35. The van der Waals surface area contributed by atoms with Crippen molar-refractivity contribution in [1.29, 1.82) is 0 Å². The van der Waals surface area contributed by atoms with Crippen LogP contribution >= 0.6 is 0 Å². The van der Waals surface area contributed by atoms with Crippen LogP contribution in [-0.2, 0) is 17.6 Å². The van der Waals surface area contributed by atoms with Gasteiger partial charge < -0.3 is 20.1 Å². The number of hydrogen-bond acceptors (Lipinski definition) is 4. The van der Waals surface area contributed by atoms with Crippen LogP contribution in [-0.4, -0.2) is 39.8 Å². The van der Waals surface area contributed by atoms with Gasteiger partial charge in [0.2, 0.25) is 5.91 Å². The van der Waals surface area contributed by atoms with Gasteiger partial charge >= 0.3 is 0 Å². The van der Waals surface area contributed by atoms with Crippen LogP contribution in [0.4, 0.5) is 4.39 Å². The lowest BCUT2D eigenvalue weighted by molar-refractivity contribution is -0.120. The standard InChI is InChI=1S/C20H25FN2O3/c1-25-18-8-7-15(13-19(18)26-2)9-11-22-14-20(24)23-12-10-16-5-3-4-6-17(16)21/h3-8,13,22H,9-12,14H2,1-2H3,(H,23,24). The van der Waals surface area contributed by atoms with Gasteiger partial charge in [-0.1, -0.05) is 24.3 Å². The summed E-state index contributed by atoms with van der Waals surface area (Å²) < 4.78 is 24.0. The number of methoxy groups -OCH3 is 2. The fourth-order valence-electron chi connectivity index (χ4n) is 2.57. The molecular formula is C20H25FN2O3. The summed E-state index contributed by atoms with van der Waals surface area (Å²) in [7, 11) is 3.20. The van der Waals surface area contributed by atoms with E-state index >= 15 is 0 Å². The fraction of sp³-hybridized carbons (Fsp3) is 0.350. The predicted molar refractivity (Wildman–Crippen MR) is 99.2 cm³/mol. The Bertz CT molecular complexity index is 722. The Balaban J connectivity index is 1.65. The number of halogens is 1. The van der Waals surface area contributed by atoms with Crippen molar-refractivity contribution in [2.24, 2.45) is 0 Å². The average molecular weight is 360 g/mol. The van der Waals surface area contributed by atoms with Gasteiger partial charge in [-0.25, -0.2) is 4.39 Å². The van der Waals surface area contributed by atoms with E-state index in [2.05, 4.69) is 10.6 Å². The van der Waals surface area contributed by atoms with Crippen LogP contribution in [0.25, 0.3) is 0 Å². The van der Waals surface area contributed by atoms with Crippen molar-refractivity contribution in [3.63, 3.8) is 0 Å². The number of carbonyl (C=O) groups is 1. The molecule has 2 aromatic carbocycles. The van der Waals surface area contributed by atoms with Crippen molar-refractivity contribution in [3.8, 4) is 11.5 Å². The second-order valence-corrected chi connectivity index (χ2v) is 5.81. The molecule has 0 aliphatic rings. The molecule has 2 N–H and O–H groups in total. The summed E-state index contributed by atoms with van der Waals surface area (Å²) in [5, 5.41) is 5.89. The monoisotopic (exact) mass is 360 g/mol. The molecule has 140 valence electrons. The van der Waals surface area contributed by atoms with Crippen LogP contribution in [0.15, 0.2) is 42.5 Å². The minimum atomic E-state index is -0.241. The Morgan fingerprint density at radius 2 is 1.77 bits per heavy atom. The van der Waals surface area contributed by atoms with Gasteiger partial charge in [-0.15, -0.1) is 0 Å². The zero-order valence-corrected chi connectivity index (χ0v) is 15.2. The van der Waals surface area contributed by atoms with Gasteiger partial charge in [0.05, 0.1) is 20.8 Å². The SMILES string of the molecule is COc1ccc(CCNCC(=O)NCCc2ccccc2F)cc1OC. The number of benzene rings is 2. The number of hydrogen-bond donors (Lipinski definition) is 2. The molecule has 1 amide bonds. The third-order valence-corrected chi connectivity index (χ3v) is 4.00. The van der Waals surface area contributed by atoms with Gasteiger partial charge in [0.15, 0.2) is 11.5 Å². The largest absolute Gasteiger partial charge is 0.493 e. The van der Waals surface area contributed by atoms with Gasteiger partial charge in [0.25, 0.3) is 0 Å². The molecule has 0 saturated carbocycles. The highest BCUT2D eigenvalue weighted by Gasteiger charge is 2.06. The summed E-state index contributed by atoms with van der Waals surface area (Å²) in [5.41, 5.74) is 1.70. The lowest BCUT2D eigenvalue weighted by atomic mass is 10.1. The quantitative estimate of drug-likeness (QED) is 0.639. The molecule has 0 unspecified atom stereocenters. The Hall–Kier alpha value is -2.60. The number of ether oxygens (including phenoxy) is 2. The van der Waals surface area contributed by atoms with Gasteiger partial charge in [-0.05, 0) is 48.7 Å². The maximum absolute atomic E-state index is 13.5. The van der Waals surface area contributed by atoms with Crippen molar-refractivity contribution >= 4 is 5.91 Å². The molecule has 0 bridgehead atoms. The maximum atomic E-state index is 13.5. The summed E-state index contributed by atoms with van der Waals surface area (Å²) in [5.74, 6) is 1.04. The molecule has 0 atom stereocenters. The zero-order chi connectivity index (χ0) is 18.8. The first-order chi connectivity index (χ1) is 12.6. The van der Waals surface area contributed by atoms with Gasteiger partial charge in [-0.3, -0.25) is 4.79 Å². The molecule has 0 heterocycles. The summed E-state index contributed by atoms with van der Waals surface area (Å²) in [4.78, 5) is 11.8. The molecule has 0 aromatic heterocycles. The van der Waals surface area contributed by atoms with Crippen LogP contribution in [0.1, 0.15) is 11.1 Å². The first-order valence-electron chi connectivity index (χ1n) is 8.55. The van der Waals surface area contributed by atoms with E-state index in [0.717, 1.165) is 12.0 Å². The van der Waals surface area contributed by atoms with Crippen molar-refractivity contribution < 1.29 is 18.7 Å². The predicted octanol–water partition coefficient (Wildman–Crippen LogP) is 2.33. The van der Waals surface area contributed by atoms with Crippen molar-refractivity contribution in [2.45, 2.75) is 12.8 Å². The molecule has 0 fully saturated rings. The summed E-state index contributed by atoms with van der Waals surface area (Å²) in [6, 6.07) is 12.3. The number of amides is 1. The van der Waals surface area contributed by atoms with E-state index in [1.807, 2.05) is 18.2 Å². The van der Waals surface area contributed by atoms with Crippen LogP contribution in [0.2, 0.25) is 0 Å². The van der Waals surface area contributed by atoms with Crippen molar-refractivity contribution in [1.82, 2.24) is 10.6 Å². The van der Waals surface area contributed by atoms with Gasteiger partial charge in [-0.2, -0.15) is 0 Å². The van der Waals surface area contributed by atoms with Gasteiger partial charge in [0.1, 0.15) is 5.82 Å². The molecule has 5 nitrogen and oxygen atoms in total. The molecular weight excluding hydrogens is 335 g/mol. The van der Waals surface area contributed by atoms with Crippen LogP contribution < -0.4 is 20.1 Å². The van der Waals surface area contributed by atoms with E-state index in [0.29, 0.717) is 36.6 Å². The summed E-state index contributed by atoms with van der Waals surface area (Å²) in [6.07, 6.45) is 1.24. The molecule has 0 radical (unpaired) electrons. The normalized spacial score (nSPS) is 10.4. The van der Waals surface area contributed by atoms with Crippen molar-refractivity contribution in [3.05, 3.63) is 59.4 Å². The van der Waals surface area contributed by atoms with Gasteiger partial charge in [0, 0.05) is 6.54 Å². The van der Waals surface area contributed by atoms with Crippen LogP contribution in [0.3, 0.4) is 0 Å². The first-order valence-corrected chi connectivity index (χ1v) is 8.55. The Kier molecular flexibility index (Phi) is 7.89. The fourth-order valence-corrected chi connectivity index (χ4v) is 2.57. The lowest BCUT2D eigenvalue weighted by Gasteiger charge is -2.10. The second kappa shape index (κ2) is 10.4. The smallest absolute Gasteiger partial charge is 0.233 e. The summed E-state index contributed by atoms with van der Waals surface area (Å²) >= 11 is 0. The molecule has 26 heavy (non-hydrogen) atoms. The Labute approximate surface area is 153 Å². The summed E-state index contributed by atoms with van der Waals surface area (Å²) in [6.45, 7) is 1.30. The minimum absolute atomic E-state index is 0.103. The molecule has 0 saturated heterocycles. The third-order valence-electron chi connectivity index (χ3n) is 4.00. The molecule has 0 aliphatic heterocycles. The Morgan fingerprint density at radius 3 is 2.50 bits per heavy atom. The average Bonchev–Trinajstić information content (AvgIpc) is 2.66. The number of rotatable bonds is 10. The topological polar surface area (TPSA) is 59.6 Å². The first kappa shape index (κ1) is 19.7. The third kappa shape index (κ3) is 6.04. The highest BCUT2D eigenvalue weighted by Crippen LogP contribution is 2.27. The molecule has 0 aliphatic carbocycles. The molecule has 0 spiro atoms. The maximum Gasteiger partial charge on any atom is 0.233 e. The Morgan fingerprint density at radius 1 is 1.00 bits per heavy atom. The molecule has 2 rings (SSSR count). The van der Waals surface area contributed by atoms with E-state index in [1.54, 1.807) is 32.4 Å². The molecule has 2 aromatic rings. The second-order valence-electron chi connectivity index (χ2n) is 5.81. The van der Waals surface area contributed by atoms with E-state index in [4.69, 9.17) is 9.47 Å². The zero-order valence-electron chi connectivity index (χ0n) is 15.2. The highest BCUT2D eigenvalue weighted by atomic mass is 19.1. The highest BCUT2D eigenvalue weighted by molar-refractivity contribution is 5.77. The number of nitrogens with one attached hydrogen (secondary N) is 2. The number of carbonyl (C=O) groups excluding carboxylic acids is 1. The van der Waals surface area contributed by atoms with E-state index in [9.17, 15) is 9.18 Å². The van der Waals surface area contributed by atoms with E-state index < -0.39 is 0 Å².